The number of amides is 1. The van der Waals surface area contributed by atoms with Gasteiger partial charge in [-0.25, -0.2) is 4.98 Å². The Balaban J connectivity index is 1.71. The molecular formula is C18H13N3OS3. The van der Waals surface area contributed by atoms with Gasteiger partial charge in [0, 0.05) is 11.4 Å². The van der Waals surface area contributed by atoms with Crippen LogP contribution in [0, 0.1) is 0 Å². The van der Waals surface area contributed by atoms with E-state index in [2.05, 4.69) is 16.6 Å². The van der Waals surface area contributed by atoms with Crippen LogP contribution in [0.25, 0.3) is 16.3 Å². The summed E-state index contributed by atoms with van der Waals surface area (Å²) in [6.45, 7) is 4.17. The minimum atomic E-state index is -0.0434. The monoisotopic (exact) mass is 383 g/mol. The first-order valence-corrected chi connectivity index (χ1v) is 10.1. The third kappa shape index (κ3) is 3.30. The number of para-hydroxylation sites is 1. The predicted octanol–water partition coefficient (Wildman–Crippen LogP) is 5.15. The lowest BCUT2D eigenvalue weighted by atomic mass is 10.3. The van der Waals surface area contributed by atoms with E-state index < -0.39 is 0 Å². The fourth-order valence-corrected chi connectivity index (χ4v) is 4.98. The number of rotatable bonds is 4. The molecule has 1 aliphatic heterocycles. The molecule has 25 heavy (non-hydrogen) atoms. The Morgan fingerprint density at radius 1 is 1.24 bits per heavy atom. The van der Waals surface area contributed by atoms with Crippen LogP contribution in [-0.4, -0.2) is 27.5 Å². The number of thioether (sulfide) groups is 1. The molecule has 0 spiro atoms. The summed E-state index contributed by atoms with van der Waals surface area (Å²) in [5, 5.41) is 3.29. The number of thiophene rings is 1. The van der Waals surface area contributed by atoms with Crippen molar-refractivity contribution in [3.8, 4) is 0 Å². The summed E-state index contributed by atoms with van der Waals surface area (Å²) in [4.78, 5) is 25.2. The summed E-state index contributed by atoms with van der Waals surface area (Å²) in [5.74, 6) is -0.0434. The fraction of sp³-hybridized carbons (Fsp3) is 0.0556. The van der Waals surface area contributed by atoms with Gasteiger partial charge in [0.25, 0.3) is 5.91 Å². The number of aromatic nitrogens is 1. The van der Waals surface area contributed by atoms with E-state index in [1.807, 2.05) is 47.9 Å². The molecule has 1 saturated heterocycles. The van der Waals surface area contributed by atoms with Crippen molar-refractivity contribution >= 4 is 66.9 Å². The Bertz CT molecular complexity index is 969. The van der Waals surface area contributed by atoms with Crippen molar-refractivity contribution in [2.75, 3.05) is 6.54 Å². The summed E-state index contributed by atoms with van der Waals surface area (Å²) in [7, 11) is 0. The van der Waals surface area contributed by atoms with Crippen LogP contribution in [0.4, 0.5) is 5.13 Å². The smallest absolute Gasteiger partial charge is 0.267 e. The standard InChI is InChI=1S/C18H13N3OS3/c1-2-9-21-16(22)15(11-12-6-5-10-23-12)25-18(21)20-17-19-13-7-3-4-8-14(13)24-17/h2-8,10-11H,1,9H2/b15-11+,20-18-. The van der Waals surface area contributed by atoms with Crippen LogP contribution in [0.3, 0.4) is 0 Å². The van der Waals surface area contributed by atoms with Gasteiger partial charge in [-0.05, 0) is 41.4 Å². The Kier molecular flexibility index (Phi) is 4.52. The van der Waals surface area contributed by atoms with Crippen LogP contribution in [-0.2, 0) is 4.79 Å². The van der Waals surface area contributed by atoms with Gasteiger partial charge in [0.1, 0.15) is 0 Å². The molecule has 4 rings (SSSR count). The molecule has 7 heteroatoms. The number of benzene rings is 1. The van der Waals surface area contributed by atoms with Gasteiger partial charge < -0.3 is 0 Å². The number of hydrogen-bond acceptors (Lipinski definition) is 6. The van der Waals surface area contributed by atoms with E-state index >= 15 is 0 Å². The lowest BCUT2D eigenvalue weighted by Gasteiger charge is -2.11. The van der Waals surface area contributed by atoms with E-state index in [1.165, 1.54) is 23.1 Å². The lowest BCUT2D eigenvalue weighted by molar-refractivity contribution is -0.121. The minimum absolute atomic E-state index is 0.0434. The Morgan fingerprint density at radius 2 is 2.12 bits per heavy atom. The first kappa shape index (κ1) is 16.3. The van der Waals surface area contributed by atoms with Crippen molar-refractivity contribution in [3.63, 3.8) is 0 Å². The second-order valence-corrected chi connectivity index (χ2v) is 8.19. The van der Waals surface area contributed by atoms with E-state index in [1.54, 1.807) is 22.3 Å². The van der Waals surface area contributed by atoms with Crippen LogP contribution in [0.15, 0.2) is 64.3 Å². The summed E-state index contributed by atoms with van der Waals surface area (Å²) in [5.41, 5.74) is 0.922. The molecular weight excluding hydrogens is 370 g/mol. The molecule has 0 atom stereocenters. The quantitative estimate of drug-likeness (QED) is 0.462. The Labute approximate surface area is 157 Å². The molecule has 0 radical (unpaired) electrons. The number of thiazole rings is 1. The topological polar surface area (TPSA) is 45.6 Å². The van der Waals surface area contributed by atoms with Crippen molar-refractivity contribution in [2.24, 2.45) is 4.99 Å². The molecule has 124 valence electrons. The number of amidine groups is 1. The number of carbonyl (C=O) groups excluding carboxylic acids is 1. The molecule has 0 unspecified atom stereocenters. The molecule has 0 N–H and O–H groups in total. The predicted molar refractivity (Wildman–Crippen MR) is 109 cm³/mol. The van der Waals surface area contributed by atoms with Crippen molar-refractivity contribution < 1.29 is 4.79 Å². The van der Waals surface area contributed by atoms with E-state index in [4.69, 9.17) is 0 Å². The highest BCUT2D eigenvalue weighted by atomic mass is 32.2. The van der Waals surface area contributed by atoms with Gasteiger partial charge in [-0.15, -0.1) is 17.9 Å². The van der Waals surface area contributed by atoms with Crippen molar-refractivity contribution in [3.05, 3.63) is 64.2 Å². The number of hydrogen-bond donors (Lipinski definition) is 0. The van der Waals surface area contributed by atoms with Crippen LogP contribution in [0.5, 0.6) is 0 Å². The highest BCUT2D eigenvalue weighted by Crippen LogP contribution is 2.36. The Hall–Kier alpha value is -2.22. The molecule has 1 aliphatic rings. The van der Waals surface area contributed by atoms with Gasteiger partial charge in [-0.3, -0.25) is 9.69 Å². The van der Waals surface area contributed by atoms with Crippen molar-refractivity contribution in [2.45, 2.75) is 0 Å². The second kappa shape index (κ2) is 6.95. The zero-order valence-corrected chi connectivity index (χ0v) is 15.5. The molecule has 0 aliphatic carbocycles. The Morgan fingerprint density at radius 3 is 2.88 bits per heavy atom. The first-order valence-electron chi connectivity index (χ1n) is 7.54. The normalized spacial score (nSPS) is 17.9. The van der Waals surface area contributed by atoms with Gasteiger partial charge in [-0.1, -0.05) is 35.6 Å². The molecule has 3 aromatic rings. The third-order valence-corrected chi connectivity index (χ3v) is 6.25. The number of fused-ring (bicyclic) bond motifs is 1. The van der Waals surface area contributed by atoms with Gasteiger partial charge in [0.15, 0.2) is 5.17 Å². The average Bonchev–Trinajstić information content (AvgIpc) is 3.31. The van der Waals surface area contributed by atoms with Crippen LogP contribution in [0.1, 0.15) is 4.88 Å². The lowest BCUT2D eigenvalue weighted by Crippen LogP contribution is -2.29. The number of carbonyl (C=O) groups is 1. The molecule has 3 heterocycles. The first-order chi connectivity index (χ1) is 12.2. The largest absolute Gasteiger partial charge is 0.282 e. The summed E-state index contributed by atoms with van der Waals surface area (Å²) >= 11 is 4.51. The van der Waals surface area contributed by atoms with Gasteiger partial charge in [0.2, 0.25) is 5.13 Å². The number of nitrogens with zero attached hydrogens (tertiary/aromatic N) is 3. The van der Waals surface area contributed by atoms with E-state index in [0.717, 1.165) is 15.1 Å². The number of aliphatic imine (C=N–C) groups is 1. The second-order valence-electron chi connectivity index (χ2n) is 5.19. The highest BCUT2D eigenvalue weighted by molar-refractivity contribution is 8.18. The van der Waals surface area contributed by atoms with Gasteiger partial charge in [-0.2, -0.15) is 4.99 Å². The average molecular weight is 384 g/mol. The molecule has 0 bridgehead atoms. The molecule has 1 fully saturated rings. The fourth-order valence-electron chi connectivity index (χ4n) is 2.37. The van der Waals surface area contributed by atoms with Gasteiger partial charge >= 0.3 is 0 Å². The third-order valence-electron chi connectivity index (χ3n) is 3.49. The summed E-state index contributed by atoms with van der Waals surface area (Å²) in [6.07, 6.45) is 3.62. The highest BCUT2D eigenvalue weighted by Gasteiger charge is 2.33. The van der Waals surface area contributed by atoms with Crippen LogP contribution in [0.2, 0.25) is 0 Å². The molecule has 4 nitrogen and oxygen atoms in total. The molecule has 1 aromatic carbocycles. The molecule has 2 aromatic heterocycles. The molecule has 1 amide bonds. The van der Waals surface area contributed by atoms with E-state index in [-0.39, 0.29) is 5.91 Å². The van der Waals surface area contributed by atoms with Gasteiger partial charge in [0.05, 0.1) is 15.1 Å². The zero-order valence-electron chi connectivity index (χ0n) is 13.1. The maximum absolute atomic E-state index is 12.7. The van der Waals surface area contributed by atoms with Crippen LogP contribution >= 0.6 is 34.4 Å². The van der Waals surface area contributed by atoms with E-state index in [0.29, 0.717) is 21.7 Å². The molecule has 0 saturated carbocycles. The van der Waals surface area contributed by atoms with E-state index in [9.17, 15) is 4.79 Å². The van der Waals surface area contributed by atoms with Crippen LogP contribution < -0.4 is 0 Å². The maximum Gasteiger partial charge on any atom is 0.267 e. The summed E-state index contributed by atoms with van der Waals surface area (Å²) in [6, 6.07) is 11.9. The minimum Gasteiger partial charge on any atom is -0.282 e. The van der Waals surface area contributed by atoms with Crippen molar-refractivity contribution in [1.82, 2.24) is 9.88 Å². The SMILES string of the molecule is C=CCN1C(=O)/C(=C\c2cccs2)S/C1=N\c1nc2ccccc2s1. The van der Waals surface area contributed by atoms with Crippen molar-refractivity contribution in [1.29, 1.82) is 0 Å². The summed E-state index contributed by atoms with van der Waals surface area (Å²) < 4.78 is 1.08. The maximum atomic E-state index is 12.7. The zero-order chi connectivity index (χ0) is 17.2.